The Hall–Kier alpha value is -2.22. The summed E-state index contributed by atoms with van der Waals surface area (Å²) in [4.78, 5) is 9.24. The van der Waals surface area contributed by atoms with Gasteiger partial charge < -0.3 is 0 Å². The van der Waals surface area contributed by atoms with Crippen molar-refractivity contribution >= 4 is 34.7 Å². The van der Waals surface area contributed by atoms with Crippen molar-refractivity contribution in [1.29, 1.82) is 0 Å². The van der Waals surface area contributed by atoms with Crippen molar-refractivity contribution < 1.29 is 4.39 Å². The fourth-order valence-electron chi connectivity index (χ4n) is 3.37. The molecule has 4 aromatic rings. The molecule has 3 heterocycles. The molecule has 0 aliphatic rings. The first-order chi connectivity index (χ1) is 14.7. The maximum absolute atomic E-state index is 14.6. The number of benzene rings is 1. The van der Waals surface area contributed by atoms with E-state index < -0.39 is 0 Å². The highest BCUT2D eigenvalue weighted by Gasteiger charge is 2.20. The zero-order valence-electron chi connectivity index (χ0n) is 17.9. The van der Waals surface area contributed by atoms with Crippen molar-refractivity contribution in [1.82, 2.24) is 19.7 Å². The van der Waals surface area contributed by atoms with Crippen LogP contribution in [0.2, 0.25) is 5.02 Å². The second-order valence-corrected chi connectivity index (χ2v) is 10.9. The zero-order chi connectivity index (χ0) is 22.3. The number of halogens is 2. The first-order valence-corrected chi connectivity index (χ1v) is 11.9. The summed E-state index contributed by atoms with van der Waals surface area (Å²) in [6.45, 7) is 10.2. The van der Waals surface area contributed by atoms with Crippen LogP contribution in [0.4, 0.5) is 4.39 Å². The van der Waals surface area contributed by atoms with Crippen LogP contribution in [0.15, 0.2) is 40.7 Å². The van der Waals surface area contributed by atoms with Crippen LogP contribution in [-0.4, -0.2) is 25.0 Å². The SMILES string of the molecule is Cc1cc(-c2cn(-c3nc(-c4cc(Cl)ccc4F)c(SC(C)C)s3)nc2C)cc(C)n1. The number of nitrogens with zero attached hydrogens (tertiary/aromatic N) is 4. The Balaban J connectivity index is 1.82. The maximum atomic E-state index is 14.6. The molecule has 0 spiro atoms. The molecule has 8 heteroatoms. The first-order valence-electron chi connectivity index (χ1n) is 9.86. The third kappa shape index (κ3) is 4.68. The molecule has 0 bridgehead atoms. The molecule has 0 atom stereocenters. The number of aryl methyl sites for hydroxylation is 3. The van der Waals surface area contributed by atoms with Gasteiger partial charge in [0.2, 0.25) is 5.13 Å². The van der Waals surface area contributed by atoms with Gasteiger partial charge in [0.25, 0.3) is 0 Å². The molecule has 3 aromatic heterocycles. The highest BCUT2D eigenvalue weighted by atomic mass is 35.5. The summed E-state index contributed by atoms with van der Waals surface area (Å²) < 4.78 is 17.3. The lowest BCUT2D eigenvalue weighted by Gasteiger charge is -2.06. The van der Waals surface area contributed by atoms with E-state index >= 15 is 0 Å². The summed E-state index contributed by atoms with van der Waals surface area (Å²) in [5, 5.41) is 6.19. The van der Waals surface area contributed by atoms with E-state index in [0.717, 1.165) is 32.4 Å². The highest BCUT2D eigenvalue weighted by Crippen LogP contribution is 2.41. The summed E-state index contributed by atoms with van der Waals surface area (Å²) in [7, 11) is 0. The lowest BCUT2D eigenvalue weighted by molar-refractivity contribution is 0.630. The van der Waals surface area contributed by atoms with Gasteiger partial charge in [0, 0.05) is 39.0 Å². The van der Waals surface area contributed by atoms with Gasteiger partial charge in [0.15, 0.2) is 0 Å². The molecular weight excluding hydrogens is 451 g/mol. The minimum absolute atomic E-state index is 0.326. The van der Waals surface area contributed by atoms with Crippen LogP contribution in [-0.2, 0) is 0 Å². The second kappa shape index (κ2) is 8.73. The van der Waals surface area contributed by atoms with Gasteiger partial charge in [-0.2, -0.15) is 5.10 Å². The van der Waals surface area contributed by atoms with Gasteiger partial charge in [0.05, 0.1) is 9.90 Å². The van der Waals surface area contributed by atoms with E-state index in [9.17, 15) is 4.39 Å². The maximum Gasteiger partial charge on any atom is 0.211 e. The Bertz CT molecular complexity index is 1240. The fraction of sp³-hybridized carbons (Fsp3) is 0.261. The molecule has 1 aromatic carbocycles. The van der Waals surface area contributed by atoms with Crippen LogP contribution in [0.5, 0.6) is 0 Å². The topological polar surface area (TPSA) is 43.6 Å². The number of thiazole rings is 1. The normalized spacial score (nSPS) is 11.5. The number of hydrogen-bond donors (Lipinski definition) is 0. The van der Waals surface area contributed by atoms with Crippen LogP contribution >= 0.6 is 34.7 Å². The van der Waals surface area contributed by atoms with E-state index in [1.807, 2.05) is 27.0 Å². The molecule has 160 valence electrons. The number of hydrogen-bond acceptors (Lipinski definition) is 5. The molecular formula is C23H22ClFN4S2. The van der Waals surface area contributed by atoms with Crippen molar-refractivity contribution in [2.75, 3.05) is 0 Å². The molecule has 0 radical (unpaired) electrons. The quantitative estimate of drug-likeness (QED) is 0.286. The first kappa shape index (κ1) is 22.0. The summed E-state index contributed by atoms with van der Waals surface area (Å²) in [5.41, 5.74) is 5.93. The summed E-state index contributed by atoms with van der Waals surface area (Å²) >= 11 is 9.31. The Morgan fingerprint density at radius 3 is 2.42 bits per heavy atom. The monoisotopic (exact) mass is 472 g/mol. The van der Waals surface area contributed by atoms with Gasteiger partial charge in [-0.15, -0.1) is 11.8 Å². The van der Waals surface area contributed by atoms with Gasteiger partial charge in [-0.25, -0.2) is 14.1 Å². The number of thioether (sulfide) groups is 1. The molecule has 0 unspecified atom stereocenters. The minimum atomic E-state index is -0.341. The summed E-state index contributed by atoms with van der Waals surface area (Å²) in [6.07, 6.45) is 1.98. The van der Waals surface area contributed by atoms with Crippen molar-refractivity contribution in [2.24, 2.45) is 0 Å². The van der Waals surface area contributed by atoms with E-state index in [1.165, 1.54) is 17.4 Å². The Morgan fingerprint density at radius 1 is 1.03 bits per heavy atom. The Labute approximate surface area is 194 Å². The summed E-state index contributed by atoms with van der Waals surface area (Å²) in [6, 6.07) is 8.66. The van der Waals surface area contributed by atoms with Crippen LogP contribution in [0.25, 0.3) is 27.5 Å². The molecule has 0 saturated heterocycles. The minimum Gasteiger partial charge on any atom is -0.258 e. The average molecular weight is 473 g/mol. The van der Waals surface area contributed by atoms with Gasteiger partial charge >= 0.3 is 0 Å². The molecule has 0 aliphatic carbocycles. The van der Waals surface area contributed by atoms with Crippen LogP contribution < -0.4 is 0 Å². The smallest absolute Gasteiger partial charge is 0.211 e. The van der Waals surface area contributed by atoms with Crippen molar-refractivity contribution in [3.8, 4) is 27.5 Å². The molecule has 4 rings (SSSR count). The van der Waals surface area contributed by atoms with E-state index in [-0.39, 0.29) is 5.82 Å². The van der Waals surface area contributed by atoms with Crippen LogP contribution in [0.3, 0.4) is 0 Å². The van der Waals surface area contributed by atoms with Crippen LogP contribution in [0, 0.1) is 26.6 Å². The number of aromatic nitrogens is 4. The molecule has 0 fully saturated rings. The third-order valence-electron chi connectivity index (χ3n) is 4.60. The molecule has 0 saturated carbocycles. The molecule has 0 amide bonds. The lowest BCUT2D eigenvalue weighted by atomic mass is 10.1. The van der Waals surface area contributed by atoms with E-state index in [2.05, 4.69) is 31.0 Å². The molecule has 31 heavy (non-hydrogen) atoms. The largest absolute Gasteiger partial charge is 0.258 e. The lowest BCUT2D eigenvalue weighted by Crippen LogP contribution is -1.94. The van der Waals surface area contributed by atoms with Gasteiger partial charge in [-0.05, 0) is 56.7 Å². The fourth-order valence-corrected chi connectivity index (χ4v) is 5.97. The molecule has 0 aliphatic heterocycles. The zero-order valence-corrected chi connectivity index (χ0v) is 20.3. The van der Waals surface area contributed by atoms with Gasteiger partial charge in [0.1, 0.15) is 11.5 Å². The van der Waals surface area contributed by atoms with Gasteiger partial charge in [-0.1, -0.05) is 36.8 Å². The number of rotatable bonds is 5. The standard InChI is InChI=1S/C23H22ClFN4S2/c1-12(2)30-22-21(18-10-17(24)6-7-20(18)25)27-23(31-22)29-11-19(15(5)28-29)16-8-13(3)26-14(4)9-16/h6-12H,1-5H3. The predicted molar refractivity (Wildman–Crippen MR) is 128 cm³/mol. The van der Waals surface area contributed by atoms with E-state index in [0.29, 0.717) is 26.7 Å². The predicted octanol–water partition coefficient (Wildman–Crippen LogP) is 7.28. The molecule has 4 nitrogen and oxygen atoms in total. The van der Waals surface area contributed by atoms with Gasteiger partial charge in [-0.3, -0.25) is 4.98 Å². The van der Waals surface area contributed by atoms with Crippen molar-refractivity contribution in [3.05, 3.63) is 64.5 Å². The highest BCUT2D eigenvalue weighted by molar-refractivity contribution is 8.01. The van der Waals surface area contributed by atoms with E-state index in [1.54, 1.807) is 28.6 Å². The Kier molecular flexibility index (Phi) is 6.19. The summed E-state index contributed by atoms with van der Waals surface area (Å²) in [5.74, 6) is -0.341. The molecule has 0 N–H and O–H groups in total. The van der Waals surface area contributed by atoms with Crippen LogP contribution in [0.1, 0.15) is 30.9 Å². The second-order valence-electron chi connectivity index (χ2n) is 7.63. The average Bonchev–Trinajstić information content (AvgIpc) is 3.26. The van der Waals surface area contributed by atoms with E-state index in [4.69, 9.17) is 21.7 Å². The Morgan fingerprint density at radius 2 is 1.74 bits per heavy atom. The van der Waals surface area contributed by atoms with Crippen molar-refractivity contribution in [3.63, 3.8) is 0 Å². The number of pyridine rings is 1. The van der Waals surface area contributed by atoms with Crippen molar-refractivity contribution in [2.45, 2.75) is 44.1 Å². The third-order valence-corrected chi connectivity index (χ3v) is 7.09.